The number of aliphatic hydroxyl groups excluding tert-OH is 3. The summed E-state index contributed by atoms with van der Waals surface area (Å²) < 4.78 is 23.1. The predicted octanol–water partition coefficient (Wildman–Crippen LogP) is -1.16. The number of hydrogen-bond acceptors (Lipinski definition) is 9. The Bertz CT molecular complexity index is 780. The number of rotatable bonds is 15. The third-order valence-corrected chi connectivity index (χ3v) is 6.04. The minimum atomic E-state index is -3.35. The maximum atomic E-state index is 12.4. The second-order valence-electron chi connectivity index (χ2n) is 8.00. The summed E-state index contributed by atoms with van der Waals surface area (Å²) in [5.41, 5.74) is 0.979. The molecular weight excluding hydrogens is 436 g/mol. The maximum Gasteiger partial charge on any atom is 0.250 e. The first-order valence-electron chi connectivity index (χ1n) is 10.7. The average Bonchev–Trinajstić information content (AvgIpc) is 2.74. The highest BCUT2D eigenvalue weighted by atomic mass is 32.2. The molecule has 1 rings (SSSR count). The monoisotopic (exact) mass is 474 g/mol. The van der Waals surface area contributed by atoms with Crippen molar-refractivity contribution in [2.24, 2.45) is 0 Å². The number of benzene rings is 1. The lowest BCUT2D eigenvalue weighted by molar-refractivity contribution is -0.132. The fourth-order valence-electron chi connectivity index (χ4n) is 3.31. The van der Waals surface area contributed by atoms with E-state index in [1.807, 2.05) is 44.2 Å². The third-order valence-electron chi connectivity index (χ3n) is 5.08. The smallest absolute Gasteiger partial charge is 0.250 e. The van der Waals surface area contributed by atoms with Crippen molar-refractivity contribution in [3.63, 3.8) is 0 Å². The van der Waals surface area contributed by atoms with Gasteiger partial charge in [-0.1, -0.05) is 43.7 Å². The third kappa shape index (κ3) is 10.3. The molecule has 1 aromatic carbocycles. The standard InChI is InChI=1S/C21H38N4O6S/c1-5-9-16(25-20(28)17(22-3)13-32(4,30)31)19(27)21(29)23-12-18(26)24-14(2)15-10-7-6-8-11-15/h6-8,10-11,14,16-20,22,24-28H,5,9,12-13H2,1-4H3,(H,23,29)/t14?,16?,17?,18-,19?,20+/m1/s1. The van der Waals surface area contributed by atoms with Crippen LogP contribution in [-0.2, 0) is 14.6 Å². The van der Waals surface area contributed by atoms with Crippen LogP contribution >= 0.6 is 0 Å². The van der Waals surface area contributed by atoms with Crippen LogP contribution in [0.5, 0.6) is 0 Å². The van der Waals surface area contributed by atoms with Crippen LogP contribution in [0.1, 0.15) is 38.3 Å². The van der Waals surface area contributed by atoms with Crippen molar-refractivity contribution in [1.82, 2.24) is 21.3 Å². The Balaban J connectivity index is 2.63. The molecule has 6 atom stereocenters. The van der Waals surface area contributed by atoms with E-state index in [1.54, 1.807) is 0 Å². The molecule has 11 heteroatoms. The van der Waals surface area contributed by atoms with Crippen LogP contribution in [-0.4, -0.2) is 85.9 Å². The van der Waals surface area contributed by atoms with Gasteiger partial charge in [0.05, 0.1) is 18.3 Å². The number of nitrogens with one attached hydrogen (secondary N) is 4. The van der Waals surface area contributed by atoms with Gasteiger partial charge >= 0.3 is 0 Å². The molecule has 0 aromatic heterocycles. The molecule has 0 radical (unpaired) electrons. The van der Waals surface area contributed by atoms with Crippen LogP contribution in [0.15, 0.2) is 30.3 Å². The maximum absolute atomic E-state index is 12.4. The van der Waals surface area contributed by atoms with E-state index in [0.29, 0.717) is 12.8 Å². The number of sulfone groups is 1. The second kappa shape index (κ2) is 13.8. The molecule has 32 heavy (non-hydrogen) atoms. The molecule has 0 saturated heterocycles. The summed E-state index contributed by atoms with van der Waals surface area (Å²) in [5.74, 6) is -1.02. The highest BCUT2D eigenvalue weighted by molar-refractivity contribution is 7.90. The van der Waals surface area contributed by atoms with E-state index >= 15 is 0 Å². The van der Waals surface area contributed by atoms with Gasteiger partial charge in [0.25, 0.3) is 5.91 Å². The summed E-state index contributed by atoms with van der Waals surface area (Å²) in [7, 11) is -1.84. The Morgan fingerprint density at radius 2 is 1.69 bits per heavy atom. The van der Waals surface area contributed by atoms with Gasteiger partial charge in [0.15, 0.2) is 0 Å². The number of carbonyl (C=O) groups is 1. The normalized spacial score (nSPS) is 17.7. The predicted molar refractivity (Wildman–Crippen MR) is 123 cm³/mol. The number of carbonyl (C=O) groups excluding carboxylic acids is 1. The Morgan fingerprint density at radius 3 is 2.22 bits per heavy atom. The Labute approximate surface area is 190 Å². The first-order chi connectivity index (χ1) is 15.0. The zero-order valence-corrected chi connectivity index (χ0v) is 20.0. The Morgan fingerprint density at radius 1 is 1.06 bits per heavy atom. The SMILES string of the molecule is CCCC(N[C@@H](O)C(CS(C)(=O)=O)NC)C(O)C(=O)NC[C@@H](O)NC(C)c1ccccc1. The van der Waals surface area contributed by atoms with Crippen LogP contribution in [0.4, 0.5) is 0 Å². The van der Waals surface area contributed by atoms with E-state index in [2.05, 4.69) is 21.3 Å². The van der Waals surface area contributed by atoms with E-state index in [0.717, 1.165) is 11.8 Å². The molecule has 0 aliphatic heterocycles. The van der Waals surface area contributed by atoms with Crippen molar-refractivity contribution in [3.8, 4) is 0 Å². The van der Waals surface area contributed by atoms with E-state index in [1.165, 1.54) is 7.05 Å². The van der Waals surface area contributed by atoms with E-state index in [9.17, 15) is 28.5 Å². The van der Waals surface area contributed by atoms with Crippen LogP contribution in [0.25, 0.3) is 0 Å². The van der Waals surface area contributed by atoms with Gasteiger partial charge < -0.3 is 26.0 Å². The van der Waals surface area contributed by atoms with Gasteiger partial charge in [-0.15, -0.1) is 0 Å². The second-order valence-corrected chi connectivity index (χ2v) is 10.2. The summed E-state index contributed by atoms with van der Waals surface area (Å²) in [5, 5.41) is 42.0. The molecule has 7 N–H and O–H groups in total. The largest absolute Gasteiger partial charge is 0.382 e. The Kier molecular flexibility index (Phi) is 12.3. The minimum absolute atomic E-state index is 0.123. The highest BCUT2D eigenvalue weighted by Crippen LogP contribution is 2.11. The summed E-state index contributed by atoms with van der Waals surface area (Å²) >= 11 is 0. The van der Waals surface area contributed by atoms with Gasteiger partial charge in [0, 0.05) is 18.3 Å². The van der Waals surface area contributed by atoms with Gasteiger partial charge in [-0.05, 0) is 26.0 Å². The summed E-state index contributed by atoms with van der Waals surface area (Å²) in [6, 6.07) is 7.74. The first kappa shape index (κ1) is 28.4. The van der Waals surface area contributed by atoms with E-state index in [-0.39, 0.29) is 18.3 Å². The van der Waals surface area contributed by atoms with Crippen molar-refractivity contribution in [3.05, 3.63) is 35.9 Å². The number of aliphatic hydroxyl groups is 3. The zero-order valence-electron chi connectivity index (χ0n) is 19.2. The lowest BCUT2D eigenvalue weighted by Gasteiger charge is -2.30. The fraction of sp³-hybridized carbons (Fsp3) is 0.667. The number of likely N-dealkylation sites (N-methyl/N-ethyl adjacent to an activating group) is 1. The minimum Gasteiger partial charge on any atom is -0.382 e. The molecule has 0 saturated carbocycles. The average molecular weight is 475 g/mol. The Hall–Kier alpha value is -1.60. The van der Waals surface area contributed by atoms with Crippen LogP contribution in [0.2, 0.25) is 0 Å². The lowest BCUT2D eigenvalue weighted by atomic mass is 10.0. The summed E-state index contributed by atoms with van der Waals surface area (Å²) in [6.07, 6.45) is -1.79. The van der Waals surface area contributed by atoms with Crippen LogP contribution < -0.4 is 21.3 Å². The van der Waals surface area contributed by atoms with Gasteiger partial charge in [-0.2, -0.15) is 0 Å². The summed E-state index contributed by atoms with van der Waals surface area (Å²) in [6.45, 7) is 3.62. The van der Waals surface area contributed by atoms with Crippen molar-refractivity contribution >= 4 is 15.7 Å². The molecule has 0 heterocycles. The fourth-order valence-corrected chi connectivity index (χ4v) is 4.31. The lowest BCUT2D eigenvalue weighted by Crippen LogP contribution is -2.58. The molecule has 0 spiro atoms. The van der Waals surface area contributed by atoms with Gasteiger partial charge in [0.1, 0.15) is 28.4 Å². The zero-order chi connectivity index (χ0) is 24.3. The molecule has 184 valence electrons. The molecular formula is C21H38N4O6S. The molecule has 4 unspecified atom stereocenters. The van der Waals surface area contributed by atoms with Gasteiger partial charge in [-0.25, -0.2) is 8.42 Å². The van der Waals surface area contributed by atoms with Crippen LogP contribution in [0, 0.1) is 0 Å². The van der Waals surface area contributed by atoms with Crippen molar-refractivity contribution in [1.29, 1.82) is 0 Å². The molecule has 0 aliphatic carbocycles. The van der Waals surface area contributed by atoms with E-state index in [4.69, 9.17) is 0 Å². The van der Waals surface area contributed by atoms with Crippen LogP contribution in [0.3, 0.4) is 0 Å². The highest BCUT2D eigenvalue weighted by Gasteiger charge is 2.30. The molecule has 0 fully saturated rings. The molecule has 1 amide bonds. The molecule has 1 aromatic rings. The van der Waals surface area contributed by atoms with Gasteiger partial charge in [0.2, 0.25) is 0 Å². The van der Waals surface area contributed by atoms with Gasteiger partial charge in [-0.3, -0.25) is 15.4 Å². The van der Waals surface area contributed by atoms with Crippen molar-refractivity contribution < 1.29 is 28.5 Å². The summed E-state index contributed by atoms with van der Waals surface area (Å²) in [4.78, 5) is 12.4. The number of amides is 1. The topological polar surface area (TPSA) is 160 Å². The van der Waals surface area contributed by atoms with Crippen molar-refractivity contribution in [2.45, 2.75) is 63.4 Å². The molecule has 10 nitrogen and oxygen atoms in total. The first-order valence-corrected chi connectivity index (χ1v) is 12.8. The molecule has 0 aliphatic rings. The number of hydrogen-bond donors (Lipinski definition) is 7. The quantitative estimate of drug-likeness (QED) is 0.156. The molecule has 0 bridgehead atoms. The van der Waals surface area contributed by atoms with Crippen molar-refractivity contribution in [2.75, 3.05) is 25.6 Å². The van der Waals surface area contributed by atoms with E-state index < -0.39 is 46.4 Å².